The average Bonchev–Trinajstić information content (AvgIpc) is 2.28. The summed E-state index contributed by atoms with van der Waals surface area (Å²) in [6.07, 6.45) is 3.34. The second-order valence-electron chi connectivity index (χ2n) is 3.71. The van der Waals surface area contributed by atoms with Crippen LogP contribution >= 0.6 is 12.2 Å². The van der Waals surface area contributed by atoms with E-state index >= 15 is 0 Å². The van der Waals surface area contributed by atoms with E-state index in [1.54, 1.807) is 7.05 Å². The van der Waals surface area contributed by atoms with Gasteiger partial charge in [0.2, 0.25) is 0 Å². The Balaban J connectivity index is 2.27. The van der Waals surface area contributed by atoms with Gasteiger partial charge in [-0.1, -0.05) is 6.92 Å². The highest BCUT2D eigenvalue weighted by molar-refractivity contribution is 7.80. The summed E-state index contributed by atoms with van der Waals surface area (Å²) in [5, 5.41) is 7.70. The van der Waals surface area contributed by atoms with Crippen molar-refractivity contribution in [1.82, 2.24) is 15.6 Å². The topological polar surface area (TPSA) is 39.7 Å². The molecule has 1 aliphatic heterocycles. The van der Waals surface area contributed by atoms with E-state index in [0.717, 1.165) is 25.9 Å². The number of piperidine rings is 1. The van der Waals surface area contributed by atoms with Gasteiger partial charge in [0.25, 0.3) is 0 Å². The number of nitrogens with zero attached hydrogens (tertiary/aromatic N) is 2. The van der Waals surface area contributed by atoms with E-state index in [1.165, 1.54) is 18.7 Å². The predicted molar refractivity (Wildman–Crippen MR) is 68.2 cm³/mol. The van der Waals surface area contributed by atoms with Gasteiger partial charge in [-0.25, -0.2) is 0 Å². The lowest BCUT2D eigenvalue weighted by Crippen LogP contribution is -2.36. The van der Waals surface area contributed by atoms with Gasteiger partial charge >= 0.3 is 0 Å². The molecule has 0 aromatic carbocycles. The predicted octanol–water partition coefficient (Wildman–Crippen LogP) is 0.942. The Kier molecular flexibility index (Phi) is 5.57. The van der Waals surface area contributed by atoms with Crippen molar-refractivity contribution in [3.63, 3.8) is 0 Å². The maximum atomic E-state index is 4.95. The zero-order valence-electron chi connectivity index (χ0n) is 9.55. The quantitative estimate of drug-likeness (QED) is 0.557. The zero-order chi connectivity index (χ0) is 11.1. The monoisotopic (exact) mass is 228 g/mol. The maximum Gasteiger partial charge on any atom is 0.186 e. The Morgan fingerprint density at radius 1 is 1.47 bits per heavy atom. The van der Waals surface area contributed by atoms with Crippen LogP contribution in [0.3, 0.4) is 0 Å². The molecule has 5 heteroatoms. The van der Waals surface area contributed by atoms with Crippen LogP contribution in [0.1, 0.15) is 26.2 Å². The second kappa shape index (κ2) is 6.74. The van der Waals surface area contributed by atoms with Gasteiger partial charge in [-0.05, 0) is 25.2 Å². The summed E-state index contributed by atoms with van der Waals surface area (Å²) in [5.41, 5.74) is 4.06. The van der Waals surface area contributed by atoms with Crippen LogP contribution in [0.25, 0.3) is 0 Å². The molecular formula is C10H20N4S. The Morgan fingerprint density at radius 2 is 2.13 bits per heavy atom. The summed E-state index contributed by atoms with van der Waals surface area (Å²) < 4.78 is 0. The van der Waals surface area contributed by atoms with Gasteiger partial charge in [0.1, 0.15) is 0 Å². The summed E-state index contributed by atoms with van der Waals surface area (Å²) in [7, 11) is 1.79. The lowest BCUT2D eigenvalue weighted by molar-refractivity contribution is 0.275. The van der Waals surface area contributed by atoms with Crippen LogP contribution in [0.15, 0.2) is 5.10 Å². The van der Waals surface area contributed by atoms with Crippen LogP contribution in [0, 0.1) is 0 Å². The fourth-order valence-corrected chi connectivity index (χ4v) is 1.69. The Hall–Kier alpha value is -0.680. The summed E-state index contributed by atoms with van der Waals surface area (Å²) in [6, 6.07) is 0. The first-order valence-corrected chi connectivity index (χ1v) is 5.92. The van der Waals surface area contributed by atoms with Crippen molar-refractivity contribution >= 4 is 23.0 Å². The first-order valence-electron chi connectivity index (χ1n) is 5.51. The first kappa shape index (κ1) is 12.4. The van der Waals surface area contributed by atoms with E-state index in [-0.39, 0.29) is 0 Å². The minimum absolute atomic E-state index is 0.582. The smallest absolute Gasteiger partial charge is 0.186 e. The molecule has 0 amide bonds. The third kappa shape index (κ3) is 4.57. The van der Waals surface area contributed by atoms with Crippen molar-refractivity contribution in [2.75, 3.05) is 26.7 Å². The minimum Gasteiger partial charge on any atom is -0.364 e. The van der Waals surface area contributed by atoms with E-state index in [9.17, 15) is 0 Å². The van der Waals surface area contributed by atoms with Crippen LogP contribution in [0.4, 0.5) is 0 Å². The highest BCUT2D eigenvalue weighted by atomic mass is 32.1. The highest BCUT2D eigenvalue weighted by Crippen LogP contribution is 2.07. The molecule has 0 bridgehead atoms. The number of likely N-dealkylation sites (tertiary alicyclic amines) is 1. The van der Waals surface area contributed by atoms with Gasteiger partial charge in [-0.15, -0.1) is 0 Å². The van der Waals surface area contributed by atoms with Crippen molar-refractivity contribution in [2.24, 2.45) is 5.10 Å². The van der Waals surface area contributed by atoms with Gasteiger partial charge in [-0.3, -0.25) is 5.43 Å². The van der Waals surface area contributed by atoms with Gasteiger partial charge in [0, 0.05) is 38.7 Å². The molecule has 0 aliphatic carbocycles. The molecule has 86 valence electrons. The number of rotatable bonds is 3. The average molecular weight is 228 g/mol. The van der Waals surface area contributed by atoms with Crippen LogP contribution in [0.5, 0.6) is 0 Å². The van der Waals surface area contributed by atoms with E-state index < -0.39 is 0 Å². The van der Waals surface area contributed by atoms with Crippen molar-refractivity contribution in [1.29, 1.82) is 0 Å². The second-order valence-corrected chi connectivity index (χ2v) is 4.12. The summed E-state index contributed by atoms with van der Waals surface area (Å²) >= 11 is 4.95. The summed E-state index contributed by atoms with van der Waals surface area (Å²) in [6.45, 7) is 5.67. The Morgan fingerprint density at radius 3 is 2.67 bits per heavy atom. The SMILES string of the molecule is CCCN1CCC(=NNC(=S)NC)CC1. The van der Waals surface area contributed by atoms with Crippen molar-refractivity contribution in [3.8, 4) is 0 Å². The number of thiocarbonyl (C=S) groups is 1. The van der Waals surface area contributed by atoms with E-state index in [1.807, 2.05) is 0 Å². The van der Waals surface area contributed by atoms with Crippen LogP contribution in [-0.2, 0) is 0 Å². The van der Waals surface area contributed by atoms with Gasteiger partial charge in [-0.2, -0.15) is 5.10 Å². The highest BCUT2D eigenvalue weighted by Gasteiger charge is 2.13. The third-order valence-corrected chi connectivity index (χ3v) is 2.81. The molecule has 0 saturated carbocycles. The molecule has 0 radical (unpaired) electrons. The molecule has 0 unspecified atom stereocenters. The summed E-state index contributed by atoms with van der Waals surface area (Å²) in [5.74, 6) is 0. The fourth-order valence-electron chi connectivity index (χ4n) is 1.65. The zero-order valence-corrected chi connectivity index (χ0v) is 10.4. The molecule has 0 aromatic rings. The van der Waals surface area contributed by atoms with Crippen molar-refractivity contribution in [2.45, 2.75) is 26.2 Å². The van der Waals surface area contributed by atoms with Gasteiger partial charge in [0.05, 0.1) is 0 Å². The third-order valence-electron chi connectivity index (χ3n) is 2.52. The first-order chi connectivity index (χ1) is 7.26. The molecule has 1 saturated heterocycles. The molecular weight excluding hydrogens is 208 g/mol. The van der Waals surface area contributed by atoms with E-state index in [2.05, 4.69) is 27.7 Å². The Bertz CT molecular complexity index is 230. The molecule has 0 spiro atoms. The van der Waals surface area contributed by atoms with E-state index in [0.29, 0.717) is 5.11 Å². The molecule has 15 heavy (non-hydrogen) atoms. The summed E-state index contributed by atoms with van der Waals surface area (Å²) in [4.78, 5) is 2.48. The lowest BCUT2D eigenvalue weighted by atomic mass is 10.1. The number of nitrogens with one attached hydrogen (secondary N) is 2. The number of hydrogen-bond acceptors (Lipinski definition) is 3. The standard InChI is InChI=1S/C10H20N4S/c1-3-6-14-7-4-9(5-8-14)12-13-10(15)11-2/h3-8H2,1-2H3,(H2,11,13,15). The molecule has 0 aromatic heterocycles. The van der Waals surface area contributed by atoms with Gasteiger partial charge in [0.15, 0.2) is 5.11 Å². The van der Waals surface area contributed by atoms with Crippen LogP contribution in [0.2, 0.25) is 0 Å². The van der Waals surface area contributed by atoms with Gasteiger partial charge < -0.3 is 10.2 Å². The maximum absolute atomic E-state index is 4.95. The molecule has 2 N–H and O–H groups in total. The van der Waals surface area contributed by atoms with Crippen LogP contribution in [-0.4, -0.2) is 42.4 Å². The molecule has 4 nitrogen and oxygen atoms in total. The molecule has 1 aliphatic rings. The molecule has 1 heterocycles. The van der Waals surface area contributed by atoms with Crippen molar-refractivity contribution in [3.05, 3.63) is 0 Å². The molecule has 1 rings (SSSR count). The van der Waals surface area contributed by atoms with Crippen LogP contribution < -0.4 is 10.7 Å². The molecule has 0 atom stereocenters. The fraction of sp³-hybridized carbons (Fsp3) is 0.800. The molecule has 1 fully saturated rings. The number of hydrazone groups is 1. The lowest BCUT2D eigenvalue weighted by Gasteiger charge is -2.26. The number of hydrogen-bond donors (Lipinski definition) is 2. The largest absolute Gasteiger partial charge is 0.364 e. The van der Waals surface area contributed by atoms with E-state index in [4.69, 9.17) is 12.2 Å². The normalized spacial score (nSPS) is 17.3. The minimum atomic E-state index is 0.582. The Labute approximate surface area is 97.1 Å². The van der Waals surface area contributed by atoms with Crippen molar-refractivity contribution < 1.29 is 0 Å².